The number of ketones is 1. The van der Waals surface area contributed by atoms with E-state index in [0.717, 1.165) is 25.7 Å². The fraction of sp³-hybridized carbons (Fsp3) is 0.600. The molecule has 0 radical (unpaired) electrons. The average Bonchev–Trinajstić information content (AvgIpc) is 2.75. The van der Waals surface area contributed by atoms with Crippen LogP contribution < -0.4 is 0 Å². The number of carbonyl (C=O) groups is 1. The summed E-state index contributed by atoms with van der Waals surface area (Å²) >= 11 is 0. The third kappa shape index (κ3) is 1.19. The van der Waals surface area contributed by atoms with Crippen LogP contribution in [0.2, 0.25) is 0 Å². The molecular formula is C10H14N2O. The number of hydrogen-bond donors (Lipinski definition) is 0. The van der Waals surface area contributed by atoms with Gasteiger partial charge in [-0.1, -0.05) is 12.8 Å². The minimum Gasteiger partial charge on any atom is -0.297 e. The van der Waals surface area contributed by atoms with Crippen molar-refractivity contribution in [3.05, 3.63) is 18.5 Å². The van der Waals surface area contributed by atoms with Crippen molar-refractivity contribution in [2.45, 2.75) is 38.1 Å². The Morgan fingerprint density at radius 1 is 1.46 bits per heavy atom. The predicted octanol–water partition coefficient (Wildman–Crippen LogP) is 1.74. The summed E-state index contributed by atoms with van der Waals surface area (Å²) in [5.41, 5.74) is -0.316. The lowest BCUT2D eigenvalue weighted by molar-refractivity contribution is -0.125. The quantitative estimate of drug-likeness (QED) is 0.691. The third-order valence-electron chi connectivity index (χ3n) is 3.03. The van der Waals surface area contributed by atoms with E-state index >= 15 is 0 Å². The monoisotopic (exact) mass is 178 g/mol. The van der Waals surface area contributed by atoms with Gasteiger partial charge in [-0.3, -0.25) is 9.48 Å². The van der Waals surface area contributed by atoms with Gasteiger partial charge in [-0.05, 0) is 25.8 Å². The molecule has 0 amide bonds. The van der Waals surface area contributed by atoms with Crippen LogP contribution in [0.1, 0.15) is 32.6 Å². The molecule has 1 aliphatic carbocycles. The lowest BCUT2D eigenvalue weighted by atomic mass is 9.93. The van der Waals surface area contributed by atoms with Crippen LogP contribution in [0.15, 0.2) is 18.5 Å². The molecule has 1 aromatic heterocycles. The molecule has 13 heavy (non-hydrogen) atoms. The minimum atomic E-state index is -0.316. The Kier molecular flexibility index (Phi) is 1.94. The Balaban J connectivity index is 2.39. The van der Waals surface area contributed by atoms with E-state index in [1.165, 1.54) is 0 Å². The van der Waals surface area contributed by atoms with Crippen molar-refractivity contribution in [1.82, 2.24) is 9.78 Å². The molecule has 0 unspecified atom stereocenters. The van der Waals surface area contributed by atoms with Gasteiger partial charge >= 0.3 is 0 Å². The van der Waals surface area contributed by atoms with Gasteiger partial charge in [-0.15, -0.1) is 0 Å². The van der Waals surface area contributed by atoms with Crippen molar-refractivity contribution in [2.24, 2.45) is 0 Å². The lowest BCUT2D eigenvalue weighted by Crippen LogP contribution is -2.38. The molecule has 0 aromatic carbocycles. The number of rotatable bonds is 2. The first-order chi connectivity index (χ1) is 6.26. The normalized spacial score (nSPS) is 20.4. The largest absolute Gasteiger partial charge is 0.297 e. The summed E-state index contributed by atoms with van der Waals surface area (Å²) < 4.78 is 1.84. The number of hydrogen-bond acceptors (Lipinski definition) is 2. The van der Waals surface area contributed by atoms with Crippen LogP contribution in [-0.2, 0) is 10.3 Å². The molecule has 3 nitrogen and oxygen atoms in total. The zero-order valence-electron chi connectivity index (χ0n) is 7.86. The molecule has 1 saturated carbocycles. The van der Waals surface area contributed by atoms with E-state index in [2.05, 4.69) is 5.10 Å². The summed E-state index contributed by atoms with van der Waals surface area (Å²) in [4.78, 5) is 11.6. The van der Waals surface area contributed by atoms with E-state index in [0.29, 0.717) is 0 Å². The van der Waals surface area contributed by atoms with Crippen molar-refractivity contribution in [3.63, 3.8) is 0 Å². The number of nitrogens with zero attached hydrogens (tertiary/aromatic N) is 2. The Labute approximate surface area is 77.7 Å². The summed E-state index contributed by atoms with van der Waals surface area (Å²) in [6.07, 6.45) is 7.81. The fourth-order valence-corrected chi connectivity index (χ4v) is 2.22. The van der Waals surface area contributed by atoms with Crippen LogP contribution in [0.4, 0.5) is 0 Å². The number of aromatic nitrogens is 2. The molecule has 0 bridgehead atoms. The molecule has 0 saturated heterocycles. The van der Waals surface area contributed by atoms with Crippen LogP contribution in [0.25, 0.3) is 0 Å². The molecule has 0 aliphatic heterocycles. The molecular weight excluding hydrogens is 164 g/mol. The maximum Gasteiger partial charge on any atom is 0.157 e. The summed E-state index contributed by atoms with van der Waals surface area (Å²) in [7, 11) is 0. The van der Waals surface area contributed by atoms with Gasteiger partial charge in [-0.25, -0.2) is 0 Å². The van der Waals surface area contributed by atoms with E-state index in [1.807, 2.05) is 16.9 Å². The second-order valence-electron chi connectivity index (χ2n) is 3.75. The van der Waals surface area contributed by atoms with Gasteiger partial charge in [0.25, 0.3) is 0 Å². The Morgan fingerprint density at radius 2 is 2.15 bits per heavy atom. The number of Topliss-reactive ketones (excluding diaryl/α,β-unsaturated/α-hetero) is 1. The van der Waals surface area contributed by atoms with Gasteiger partial charge in [-0.2, -0.15) is 5.10 Å². The second-order valence-corrected chi connectivity index (χ2v) is 3.75. The van der Waals surface area contributed by atoms with Crippen LogP contribution in [0.5, 0.6) is 0 Å². The summed E-state index contributed by atoms with van der Waals surface area (Å²) in [5.74, 6) is 0.244. The number of carbonyl (C=O) groups excluding carboxylic acids is 1. The van der Waals surface area contributed by atoms with E-state index in [9.17, 15) is 4.79 Å². The molecule has 1 fully saturated rings. The standard InChI is InChI=1S/C10H14N2O/c1-9(13)10(5-2-3-6-10)12-8-4-7-11-12/h4,7-8H,2-3,5-6H2,1H3. The van der Waals surface area contributed by atoms with Gasteiger partial charge in [0.2, 0.25) is 0 Å². The first kappa shape index (κ1) is 8.48. The topological polar surface area (TPSA) is 34.9 Å². The van der Waals surface area contributed by atoms with Crippen molar-refractivity contribution in [3.8, 4) is 0 Å². The zero-order chi connectivity index (χ0) is 9.31. The molecule has 70 valence electrons. The molecule has 2 rings (SSSR count). The second kappa shape index (κ2) is 2.98. The highest BCUT2D eigenvalue weighted by atomic mass is 16.1. The maximum atomic E-state index is 11.6. The highest BCUT2D eigenvalue weighted by Crippen LogP contribution is 2.36. The van der Waals surface area contributed by atoms with Gasteiger partial charge in [0.15, 0.2) is 5.78 Å². The molecule has 0 spiro atoms. The van der Waals surface area contributed by atoms with Gasteiger partial charge in [0.1, 0.15) is 5.54 Å². The third-order valence-corrected chi connectivity index (χ3v) is 3.03. The van der Waals surface area contributed by atoms with E-state index in [-0.39, 0.29) is 11.3 Å². The zero-order valence-corrected chi connectivity index (χ0v) is 7.86. The highest BCUT2D eigenvalue weighted by molar-refractivity contribution is 5.84. The van der Waals surface area contributed by atoms with Gasteiger partial charge in [0.05, 0.1) is 0 Å². The summed E-state index contributed by atoms with van der Waals surface area (Å²) in [6.45, 7) is 1.67. The van der Waals surface area contributed by atoms with Crippen LogP contribution in [-0.4, -0.2) is 15.6 Å². The van der Waals surface area contributed by atoms with E-state index in [1.54, 1.807) is 13.1 Å². The van der Waals surface area contributed by atoms with Crippen molar-refractivity contribution < 1.29 is 4.79 Å². The molecule has 1 aromatic rings. The lowest BCUT2D eigenvalue weighted by Gasteiger charge is -2.26. The molecule has 1 heterocycles. The van der Waals surface area contributed by atoms with Gasteiger partial charge < -0.3 is 0 Å². The molecule has 1 aliphatic rings. The van der Waals surface area contributed by atoms with Crippen LogP contribution in [0, 0.1) is 0 Å². The Morgan fingerprint density at radius 3 is 2.62 bits per heavy atom. The molecule has 0 atom stereocenters. The Bertz CT molecular complexity index is 297. The van der Waals surface area contributed by atoms with Crippen molar-refractivity contribution in [2.75, 3.05) is 0 Å². The maximum absolute atomic E-state index is 11.6. The summed E-state index contributed by atoms with van der Waals surface area (Å²) in [5, 5.41) is 4.19. The average molecular weight is 178 g/mol. The first-order valence-electron chi connectivity index (χ1n) is 4.77. The van der Waals surface area contributed by atoms with Crippen LogP contribution >= 0.6 is 0 Å². The predicted molar refractivity (Wildman–Crippen MR) is 49.4 cm³/mol. The SMILES string of the molecule is CC(=O)C1(n2cccn2)CCCC1. The van der Waals surface area contributed by atoms with Crippen molar-refractivity contribution in [1.29, 1.82) is 0 Å². The molecule has 0 N–H and O–H groups in total. The Hall–Kier alpha value is -1.12. The first-order valence-corrected chi connectivity index (χ1v) is 4.77. The summed E-state index contributed by atoms with van der Waals surface area (Å²) in [6, 6.07) is 1.88. The van der Waals surface area contributed by atoms with Gasteiger partial charge in [0, 0.05) is 12.4 Å². The minimum absolute atomic E-state index is 0.244. The van der Waals surface area contributed by atoms with Crippen LogP contribution in [0.3, 0.4) is 0 Å². The molecule has 3 heteroatoms. The van der Waals surface area contributed by atoms with E-state index in [4.69, 9.17) is 0 Å². The smallest absolute Gasteiger partial charge is 0.157 e. The van der Waals surface area contributed by atoms with E-state index < -0.39 is 0 Å². The highest BCUT2D eigenvalue weighted by Gasteiger charge is 2.40. The fourth-order valence-electron chi connectivity index (χ4n) is 2.22. The van der Waals surface area contributed by atoms with Crippen molar-refractivity contribution >= 4 is 5.78 Å².